The summed E-state index contributed by atoms with van der Waals surface area (Å²) in [5.41, 5.74) is 3.02. The van der Waals surface area contributed by atoms with Gasteiger partial charge in [0.1, 0.15) is 23.7 Å². The fraction of sp³-hybridized carbons (Fsp3) is 0.406. The Bertz CT molecular complexity index is 1500. The summed E-state index contributed by atoms with van der Waals surface area (Å²) in [5.74, 6) is 1.35. The zero-order chi connectivity index (χ0) is 29.7. The highest BCUT2D eigenvalue weighted by Gasteiger charge is 2.44. The topological polar surface area (TPSA) is 97.4 Å². The van der Waals surface area contributed by atoms with Crippen LogP contribution in [-0.4, -0.2) is 58.4 Å². The maximum atomic E-state index is 12.1. The maximum absolute atomic E-state index is 12.1. The monoisotopic (exact) mass is 614 g/mol. The van der Waals surface area contributed by atoms with Gasteiger partial charge in [-0.3, -0.25) is 0 Å². The molecule has 3 aromatic carbocycles. The molecule has 0 amide bonds. The van der Waals surface area contributed by atoms with Gasteiger partial charge < -0.3 is 23.7 Å². The van der Waals surface area contributed by atoms with Crippen LogP contribution in [0.15, 0.2) is 66.7 Å². The smallest absolute Gasteiger partial charge is 0.334 e. The Balaban J connectivity index is 1.18. The van der Waals surface area contributed by atoms with E-state index in [1.807, 2.05) is 60.7 Å². The summed E-state index contributed by atoms with van der Waals surface area (Å²) in [7, 11) is -2.93. The van der Waals surface area contributed by atoms with Crippen LogP contribution >= 0.6 is 11.6 Å². The molecule has 42 heavy (non-hydrogen) atoms. The average Bonchev–Trinajstić information content (AvgIpc) is 3.31. The Labute approximate surface area is 251 Å². The summed E-state index contributed by atoms with van der Waals surface area (Å²) in [6.45, 7) is 5.21. The second kappa shape index (κ2) is 13.0. The van der Waals surface area contributed by atoms with Crippen molar-refractivity contribution in [1.29, 1.82) is 0 Å². The van der Waals surface area contributed by atoms with Crippen LogP contribution in [0.25, 0.3) is 11.1 Å². The van der Waals surface area contributed by atoms with Crippen molar-refractivity contribution in [1.82, 2.24) is 0 Å². The Morgan fingerprint density at radius 1 is 1.05 bits per heavy atom. The first kappa shape index (κ1) is 30.4. The first-order valence-corrected chi connectivity index (χ1v) is 16.2. The third kappa shape index (κ3) is 7.26. The number of rotatable bonds is 12. The van der Waals surface area contributed by atoms with Gasteiger partial charge in [0.15, 0.2) is 15.9 Å². The molecule has 0 N–H and O–H groups in total. The zero-order valence-corrected chi connectivity index (χ0v) is 25.3. The van der Waals surface area contributed by atoms with E-state index < -0.39 is 27.5 Å². The molecule has 0 spiro atoms. The van der Waals surface area contributed by atoms with E-state index in [2.05, 4.69) is 0 Å². The number of hydrogen-bond acceptors (Lipinski definition) is 8. The Morgan fingerprint density at radius 2 is 1.81 bits per heavy atom. The maximum Gasteiger partial charge on any atom is 0.334 e. The van der Waals surface area contributed by atoms with Crippen LogP contribution in [0, 0.1) is 5.92 Å². The lowest BCUT2D eigenvalue weighted by Gasteiger charge is -2.42. The second-order valence-electron chi connectivity index (χ2n) is 10.7. The van der Waals surface area contributed by atoms with E-state index in [-0.39, 0.29) is 17.4 Å². The summed E-state index contributed by atoms with van der Waals surface area (Å²) in [5, 5.41) is 0.550. The van der Waals surface area contributed by atoms with Gasteiger partial charge in [0, 0.05) is 11.5 Å². The summed E-state index contributed by atoms with van der Waals surface area (Å²) in [6, 6.07) is 21.1. The van der Waals surface area contributed by atoms with E-state index in [9.17, 15) is 13.2 Å². The minimum Gasteiger partial charge on any atom is -0.493 e. The molecule has 0 aliphatic carbocycles. The molecule has 0 bridgehead atoms. The molecule has 0 saturated carbocycles. The third-order valence-electron chi connectivity index (χ3n) is 7.47. The first-order valence-electron chi connectivity index (χ1n) is 14.0. The molecule has 224 valence electrons. The molecule has 2 aliphatic heterocycles. The fourth-order valence-corrected chi connectivity index (χ4v) is 7.24. The van der Waals surface area contributed by atoms with Gasteiger partial charge in [0.2, 0.25) is 0 Å². The Kier molecular flexibility index (Phi) is 9.42. The number of sulfone groups is 1. The van der Waals surface area contributed by atoms with Gasteiger partial charge in [-0.1, -0.05) is 41.9 Å². The average molecular weight is 615 g/mol. The lowest BCUT2D eigenvalue weighted by Crippen LogP contribution is -2.51. The van der Waals surface area contributed by atoms with E-state index in [1.165, 1.54) is 0 Å². The number of carbonyl (C=O) groups excluding carboxylic acids is 1. The van der Waals surface area contributed by atoms with E-state index in [4.69, 9.17) is 35.3 Å². The highest BCUT2D eigenvalue weighted by molar-refractivity contribution is 7.91. The molecule has 8 nitrogen and oxygen atoms in total. The number of ether oxygens (including phenoxy) is 5. The first-order chi connectivity index (χ1) is 20.2. The Hall–Kier alpha value is -3.11. The molecular weight excluding hydrogens is 580 g/mol. The van der Waals surface area contributed by atoms with Gasteiger partial charge in [0.25, 0.3) is 0 Å². The van der Waals surface area contributed by atoms with Gasteiger partial charge in [-0.25, -0.2) is 13.2 Å². The van der Waals surface area contributed by atoms with Crippen molar-refractivity contribution in [3.05, 3.63) is 82.9 Å². The molecule has 2 saturated heterocycles. The predicted molar refractivity (Wildman–Crippen MR) is 160 cm³/mol. The van der Waals surface area contributed by atoms with Crippen LogP contribution in [0.1, 0.15) is 31.4 Å². The zero-order valence-electron chi connectivity index (χ0n) is 23.7. The molecule has 2 unspecified atom stereocenters. The lowest BCUT2D eigenvalue weighted by molar-refractivity contribution is -0.239. The van der Waals surface area contributed by atoms with Crippen LogP contribution in [0.3, 0.4) is 0 Å². The molecule has 2 atom stereocenters. The molecule has 2 aliphatic rings. The minimum atomic E-state index is -2.93. The van der Waals surface area contributed by atoms with Gasteiger partial charge in [0.05, 0.1) is 43.0 Å². The van der Waals surface area contributed by atoms with Crippen molar-refractivity contribution in [2.75, 3.05) is 37.9 Å². The van der Waals surface area contributed by atoms with Crippen LogP contribution < -0.4 is 9.47 Å². The van der Waals surface area contributed by atoms with Gasteiger partial charge >= 0.3 is 5.97 Å². The minimum absolute atomic E-state index is 0.0167. The molecule has 0 aromatic heterocycles. The summed E-state index contributed by atoms with van der Waals surface area (Å²) >= 11 is 6.61. The summed E-state index contributed by atoms with van der Waals surface area (Å²) in [6.07, 6.45) is -0.0689. The van der Waals surface area contributed by atoms with Crippen LogP contribution in [0.5, 0.6) is 11.5 Å². The standard InChI is InChI=1S/C32H35ClO8S/c1-3-38-31(34)22(2)41-32(20-37-21-32)26-7-9-27(10-8-26)39-17-23-5-4-6-25(15-23)29-12-11-28(16-30(29)33)40-18-24-13-14-42(35,36)19-24/h4-12,15-16,22,24H,3,13-14,17-21H2,1-2H3. The van der Waals surface area contributed by atoms with Crippen molar-refractivity contribution in [2.45, 2.75) is 38.6 Å². The van der Waals surface area contributed by atoms with E-state index in [0.29, 0.717) is 56.0 Å². The van der Waals surface area contributed by atoms with Crippen LogP contribution in [-0.2, 0) is 41.1 Å². The molecule has 2 fully saturated rings. The number of hydrogen-bond donors (Lipinski definition) is 0. The van der Waals surface area contributed by atoms with E-state index in [0.717, 1.165) is 22.3 Å². The highest BCUT2D eigenvalue weighted by Crippen LogP contribution is 2.36. The predicted octanol–water partition coefficient (Wildman–Crippen LogP) is 5.59. The SMILES string of the molecule is CCOC(=O)C(C)OC1(c2ccc(OCc3cccc(-c4ccc(OCC5CCS(=O)(=O)C5)cc4Cl)c3)cc2)COC1. The quantitative estimate of drug-likeness (QED) is 0.244. The van der Waals surface area contributed by atoms with Crippen molar-refractivity contribution >= 4 is 27.4 Å². The van der Waals surface area contributed by atoms with Crippen molar-refractivity contribution in [3.63, 3.8) is 0 Å². The third-order valence-corrected chi connectivity index (χ3v) is 9.62. The second-order valence-corrected chi connectivity index (χ2v) is 13.4. The summed E-state index contributed by atoms with van der Waals surface area (Å²) in [4.78, 5) is 12.1. The van der Waals surface area contributed by atoms with Crippen molar-refractivity contribution in [3.8, 4) is 22.6 Å². The fourth-order valence-electron chi connectivity index (χ4n) is 5.12. The van der Waals surface area contributed by atoms with E-state index in [1.54, 1.807) is 19.9 Å². The molecule has 10 heteroatoms. The van der Waals surface area contributed by atoms with Crippen LogP contribution in [0.2, 0.25) is 5.02 Å². The van der Waals surface area contributed by atoms with E-state index >= 15 is 0 Å². The van der Waals surface area contributed by atoms with Gasteiger partial charge in [-0.15, -0.1) is 0 Å². The van der Waals surface area contributed by atoms with Gasteiger partial charge in [-0.2, -0.15) is 0 Å². The summed E-state index contributed by atoms with van der Waals surface area (Å²) < 4.78 is 51.8. The molecule has 2 heterocycles. The lowest BCUT2D eigenvalue weighted by atomic mass is 9.91. The largest absolute Gasteiger partial charge is 0.493 e. The molecule has 0 radical (unpaired) electrons. The van der Waals surface area contributed by atoms with Crippen molar-refractivity contribution in [2.24, 2.45) is 5.92 Å². The molecular formula is C32H35ClO8S. The number of esters is 1. The Morgan fingerprint density at radius 3 is 2.45 bits per heavy atom. The highest BCUT2D eigenvalue weighted by atomic mass is 35.5. The van der Waals surface area contributed by atoms with Crippen molar-refractivity contribution < 1.29 is 36.9 Å². The number of benzene rings is 3. The number of carbonyl (C=O) groups is 1. The number of halogens is 1. The van der Waals surface area contributed by atoms with Crippen LogP contribution in [0.4, 0.5) is 0 Å². The normalized spacial score (nSPS) is 19.5. The molecule has 5 rings (SSSR count). The molecule has 3 aromatic rings. The van der Waals surface area contributed by atoms with Gasteiger partial charge in [-0.05, 0) is 73.4 Å².